The van der Waals surface area contributed by atoms with Gasteiger partial charge >= 0.3 is 0 Å². The Morgan fingerprint density at radius 2 is 1.90 bits per heavy atom. The molecule has 1 nitrogen and oxygen atoms in total. The van der Waals surface area contributed by atoms with Crippen molar-refractivity contribution in [3.05, 3.63) is 69.2 Å². The highest BCUT2D eigenvalue weighted by molar-refractivity contribution is 6.42. The SMILES string of the molecule is CNC1c2ccccc2CCC1Cc1cccc(Cl)c1Cl. The maximum absolute atomic E-state index is 6.35. The van der Waals surface area contributed by atoms with Crippen molar-refractivity contribution in [1.82, 2.24) is 5.32 Å². The average Bonchev–Trinajstić information content (AvgIpc) is 2.51. The summed E-state index contributed by atoms with van der Waals surface area (Å²) in [6.07, 6.45) is 3.27. The lowest BCUT2D eigenvalue weighted by molar-refractivity contribution is 0.335. The molecule has 0 heterocycles. The highest BCUT2D eigenvalue weighted by atomic mass is 35.5. The van der Waals surface area contributed by atoms with E-state index in [9.17, 15) is 0 Å². The second-order valence-corrected chi connectivity index (χ2v) is 6.47. The molecule has 2 aromatic rings. The van der Waals surface area contributed by atoms with E-state index in [4.69, 9.17) is 23.2 Å². The van der Waals surface area contributed by atoms with Crippen molar-refractivity contribution in [2.75, 3.05) is 7.05 Å². The van der Waals surface area contributed by atoms with Gasteiger partial charge in [-0.3, -0.25) is 0 Å². The van der Waals surface area contributed by atoms with Gasteiger partial charge in [0.25, 0.3) is 0 Å². The van der Waals surface area contributed by atoms with Crippen LogP contribution >= 0.6 is 23.2 Å². The molecule has 0 radical (unpaired) electrons. The fraction of sp³-hybridized carbons (Fsp3) is 0.333. The Labute approximate surface area is 136 Å². The van der Waals surface area contributed by atoms with Crippen LogP contribution in [0.2, 0.25) is 10.0 Å². The number of benzene rings is 2. The van der Waals surface area contributed by atoms with Crippen molar-refractivity contribution in [3.63, 3.8) is 0 Å². The van der Waals surface area contributed by atoms with Crippen LogP contribution in [0.25, 0.3) is 0 Å². The van der Waals surface area contributed by atoms with E-state index < -0.39 is 0 Å². The lowest BCUT2D eigenvalue weighted by Gasteiger charge is -2.34. The van der Waals surface area contributed by atoms with Crippen LogP contribution < -0.4 is 5.32 Å². The van der Waals surface area contributed by atoms with Crippen LogP contribution in [-0.2, 0) is 12.8 Å². The lowest BCUT2D eigenvalue weighted by atomic mass is 9.77. The van der Waals surface area contributed by atoms with E-state index in [2.05, 4.69) is 35.6 Å². The summed E-state index contributed by atoms with van der Waals surface area (Å²) in [5.74, 6) is 0.542. The summed E-state index contributed by atoms with van der Waals surface area (Å²) >= 11 is 12.5. The van der Waals surface area contributed by atoms with Crippen LogP contribution in [0.15, 0.2) is 42.5 Å². The van der Waals surface area contributed by atoms with Crippen LogP contribution in [0, 0.1) is 5.92 Å². The molecule has 2 aromatic carbocycles. The molecule has 0 fully saturated rings. The quantitative estimate of drug-likeness (QED) is 0.833. The fourth-order valence-electron chi connectivity index (χ4n) is 3.43. The van der Waals surface area contributed by atoms with E-state index >= 15 is 0 Å². The first kappa shape index (κ1) is 14.9. The Bertz CT molecular complexity index is 639. The summed E-state index contributed by atoms with van der Waals surface area (Å²) in [5, 5.41) is 4.83. The minimum absolute atomic E-state index is 0.380. The van der Waals surface area contributed by atoms with Crippen molar-refractivity contribution in [1.29, 1.82) is 0 Å². The van der Waals surface area contributed by atoms with Crippen LogP contribution in [0.3, 0.4) is 0 Å². The molecule has 0 aromatic heterocycles. The summed E-state index contributed by atoms with van der Waals surface area (Å²) in [4.78, 5) is 0. The van der Waals surface area contributed by atoms with Crippen molar-refractivity contribution >= 4 is 23.2 Å². The van der Waals surface area contributed by atoms with Crippen LogP contribution in [0.4, 0.5) is 0 Å². The Morgan fingerprint density at radius 1 is 1.10 bits per heavy atom. The van der Waals surface area contributed by atoms with Crippen molar-refractivity contribution < 1.29 is 0 Å². The van der Waals surface area contributed by atoms with Gasteiger partial charge in [0.15, 0.2) is 0 Å². The fourth-order valence-corrected chi connectivity index (χ4v) is 3.82. The summed E-state index contributed by atoms with van der Waals surface area (Å²) in [5.41, 5.74) is 4.04. The van der Waals surface area contributed by atoms with Gasteiger partial charge in [-0.2, -0.15) is 0 Å². The van der Waals surface area contributed by atoms with Crippen molar-refractivity contribution in [3.8, 4) is 0 Å². The maximum Gasteiger partial charge on any atom is 0.0624 e. The zero-order valence-electron chi connectivity index (χ0n) is 12.1. The molecule has 0 saturated heterocycles. The Balaban J connectivity index is 1.88. The largest absolute Gasteiger partial charge is 0.313 e. The Morgan fingerprint density at radius 3 is 2.71 bits per heavy atom. The molecule has 1 N–H and O–H groups in total. The van der Waals surface area contributed by atoms with E-state index in [-0.39, 0.29) is 0 Å². The number of aryl methyl sites for hydroxylation is 1. The van der Waals surface area contributed by atoms with Gasteiger partial charge in [-0.15, -0.1) is 0 Å². The third-order valence-electron chi connectivity index (χ3n) is 4.47. The molecule has 0 saturated carbocycles. The van der Waals surface area contributed by atoms with E-state index in [0.29, 0.717) is 22.0 Å². The molecule has 2 atom stereocenters. The van der Waals surface area contributed by atoms with Crippen LogP contribution in [0.1, 0.15) is 29.2 Å². The topological polar surface area (TPSA) is 12.0 Å². The minimum atomic E-state index is 0.380. The second kappa shape index (κ2) is 6.39. The van der Waals surface area contributed by atoms with Gasteiger partial charge in [-0.05, 0) is 55.0 Å². The molecule has 110 valence electrons. The Hall–Kier alpha value is -1.02. The van der Waals surface area contributed by atoms with Gasteiger partial charge in [0.2, 0.25) is 0 Å². The first-order valence-electron chi connectivity index (χ1n) is 7.38. The summed E-state index contributed by atoms with van der Waals surface area (Å²) in [6.45, 7) is 0. The normalized spacial score (nSPS) is 21.1. The molecule has 1 aliphatic carbocycles. The number of halogens is 2. The second-order valence-electron chi connectivity index (χ2n) is 5.68. The molecule has 0 aliphatic heterocycles. The standard InChI is InChI=1S/C18H19Cl2N/c1-21-18-14(10-9-12-5-2-3-7-15(12)18)11-13-6-4-8-16(19)17(13)20/h2-8,14,18,21H,9-11H2,1H3. The monoisotopic (exact) mass is 319 g/mol. The number of fused-ring (bicyclic) bond motifs is 1. The van der Waals surface area contributed by atoms with E-state index in [0.717, 1.165) is 18.4 Å². The zero-order valence-corrected chi connectivity index (χ0v) is 13.6. The maximum atomic E-state index is 6.35. The molecular formula is C18H19Cl2N. The number of rotatable bonds is 3. The van der Waals surface area contributed by atoms with Gasteiger partial charge in [-0.1, -0.05) is 59.6 Å². The predicted octanol–water partition coefficient (Wildman–Crippen LogP) is 5.06. The molecule has 0 amide bonds. The van der Waals surface area contributed by atoms with Gasteiger partial charge in [0.05, 0.1) is 10.0 Å². The zero-order chi connectivity index (χ0) is 14.8. The van der Waals surface area contributed by atoms with Gasteiger partial charge in [0, 0.05) is 6.04 Å². The summed E-state index contributed by atoms with van der Waals surface area (Å²) in [7, 11) is 2.04. The van der Waals surface area contributed by atoms with Gasteiger partial charge in [0.1, 0.15) is 0 Å². The molecule has 3 rings (SSSR count). The predicted molar refractivity (Wildman–Crippen MR) is 90.2 cm³/mol. The first-order valence-corrected chi connectivity index (χ1v) is 8.14. The molecule has 0 bridgehead atoms. The summed E-state index contributed by atoms with van der Waals surface area (Å²) < 4.78 is 0. The minimum Gasteiger partial charge on any atom is -0.313 e. The highest BCUT2D eigenvalue weighted by Crippen LogP contribution is 2.38. The van der Waals surface area contributed by atoms with Crippen molar-refractivity contribution in [2.24, 2.45) is 5.92 Å². The van der Waals surface area contributed by atoms with E-state index in [1.54, 1.807) is 0 Å². The summed E-state index contributed by atoms with van der Waals surface area (Å²) in [6, 6.07) is 15.0. The average molecular weight is 320 g/mol. The molecule has 0 spiro atoms. The van der Waals surface area contributed by atoms with Crippen molar-refractivity contribution in [2.45, 2.75) is 25.3 Å². The third-order valence-corrected chi connectivity index (χ3v) is 5.33. The van der Waals surface area contributed by atoms with E-state index in [1.165, 1.54) is 17.5 Å². The Kier molecular flexibility index (Phi) is 4.54. The first-order chi connectivity index (χ1) is 10.2. The van der Waals surface area contributed by atoms with Gasteiger partial charge in [-0.25, -0.2) is 0 Å². The van der Waals surface area contributed by atoms with E-state index in [1.807, 2.05) is 19.2 Å². The smallest absolute Gasteiger partial charge is 0.0624 e. The number of hydrogen-bond acceptors (Lipinski definition) is 1. The molecular weight excluding hydrogens is 301 g/mol. The highest BCUT2D eigenvalue weighted by Gasteiger charge is 2.28. The number of hydrogen-bond donors (Lipinski definition) is 1. The third kappa shape index (κ3) is 2.96. The molecule has 21 heavy (non-hydrogen) atoms. The molecule has 1 aliphatic rings. The van der Waals surface area contributed by atoms with Crippen LogP contribution in [-0.4, -0.2) is 7.05 Å². The number of nitrogens with one attached hydrogen (secondary N) is 1. The van der Waals surface area contributed by atoms with Crippen LogP contribution in [0.5, 0.6) is 0 Å². The molecule has 2 unspecified atom stereocenters. The van der Waals surface area contributed by atoms with Gasteiger partial charge < -0.3 is 5.32 Å². The lowest BCUT2D eigenvalue weighted by Crippen LogP contribution is -2.31. The molecule has 3 heteroatoms.